The van der Waals surface area contributed by atoms with E-state index < -0.39 is 5.97 Å². The zero-order valence-electron chi connectivity index (χ0n) is 19.1. The van der Waals surface area contributed by atoms with Crippen molar-refractivity contribution in [2.75, 3.05) is 19.8 Å². The monoisotopic (exact) mass is 453 g/mol. The van der Waals surface area contributed by atoms with Gasteiger partial charge in [0.15, 0.2) is 5.76 Å². The van der Waals surface area contributed by atoms with E-state index in [2.05, 4.69) is 0 Å². The Hall–Kier alpha value is -2.38. The summed E-state index contributed by atoms with van der Waals surface area (Å²) in [7, 11) is 0. The van der Waals surface area contributed by atoms with Crippen molar-refractivity contribution in [3.63, 3.8) is 0 Å². The molecule has 0 atom stereocenters. The van der Waals surface area contributed by atoms with Crippen LogP contribution >= 0.6 is 0 Å². The van der Waals surface area contributed by atoms with E-state index in [0.29, 0.717) is 40.6 Å². The fourth-order valence-electron chi connectivity index (χ4n) is 4.38. The number of hydrogen-bond donors (Lipinski definition) is 0. The standard InChI is InChI=1S/C26H25NO5.Na/c1-15-7-8-22(31-14-17-9-11-30-12-10-17)23-19(26(28)29)13-20(27-24(15)23)25-16(2)18-5-3-4-6-21(18)32-25;/h3-8,13,17H,9-12,14H2,1-2H3,(H,28,29);/q;+1/p-1. The second-order valence-electron chi connectivity index (χ2n) is 8.37. The molecule has 1 aliphatic heterocycles. The molecule has 33 heavy (non-hydrogen) atoms. The number of aromatic carboxylic acids is 1. The average Bonchev–Trinajstić information content (AvgIpc) is 3.15. The Bertz CT molecular complexity index is 1320. The first-order chi connectivity index (χ1) is 15.5. The van der Waals surface area contributed by atoms with Gasteiger partial charge in [0.25, 0.3) is 0 Å². The number of aryl methyl sites for hydroxylation is 2. The van der Waals surface area contributed by atoms with Gasteiger partial charge in [-0.1, -0.05) is 24.3 Å². The zero-order valence-corrected chi connectivity index (χ0v) is 21.1. The Morgan fingerprint density at radius 3 is 2.64 bits per heavy atom. The fourth-order valence-corrected chi connectivity index (χ4v) is 4.38. The summed E-state index contributed by atoms with van der Waals surface area (Å²) in [4.78, 5) is 17.0. The number of hydrogen-bond acceptors (Lipinski definition) is 6. The molecule has 0 N–H and O–H groups in total. The smallest absolute Gasteiger partial charge is 0.545 e. The number of pyridine rings is 1. The maximum atomic E-state index is 12.2. The molecule has 7 heteroatoms. The molecular weight excluding hydrogens is 429 g/mol. The SMILES string of the molecule is Cc1c(-c2cc(C(=O)[O-])c3c(OCC4CCOCC4)ccc(C)c3n2)oc2ccccc12.[Na+]. The van der Waals surface area contributed by atoms with Crippen molar-refractivity contribution < 1.29 is 53.3 Å². The van der Waals surface area contributed by atoms with Crippen molar-refractivity contribution in [3.8, 4) is 17.2 Å². The minimum Gasteiger partial charge on any atom is -0.545 e. The van der Waals surface area contributed by atoms with Crippen LogP contribution in [0.4, 0.5) is 0 Å². The van der Waals surface area contributed by atoms with Crippen molar-refractivity contribution in [3.05, 3.63) is 59.2 Å². The number of furan rings is 1. The normalized spacial score (nSPS) is 14.4. The first-order valence-corrected chi connectivity index (χ1v) is 10.9. The van der Waals surface area contributed by atoms with Gasteiger partial charge in [0.05, 0.1) is 23.5 Å². The maximum absolute atomic E-state index is 12.2. The topological polar surface area (TPSA) is 84.6 Å². The zero-order chi connectivity index (χ0) is 22.2. The third-order valence-electron chi connectivity index (χ3n) is 6.24. The summed E-state index contributed by atoms with van der Waals surface area (Å²) in [6.45, 7) is 5.83. The number of carbonyl (C=O) groups is 1. The van der Waals surface area contributed by atoms with Gasteiger partial charge in [-0.15, -0.1) is 0 Å². The Kier molecular flexibility index (Phi) is 7.10. The van der Waals surface area contributed by atoms with Crippen LogP contribution in [-0.4, -0.2) is 30.8 Å². The summed E-state index contributed by atoms with van der Waals surface area (Å²) in [5.41, 5.74) is 3.61. The van der Waals surface area contributed by atoms with E-state index in [1.807, 2.05) is 50.2 Å². The van der Waals surface area contributed by atoms with E-state index in [1.54, 1.807) is 0 Å². The molecule has 6 nitrogen and oxygen atoms in total. The van der Waals surface area contributed by atoms with Gasteiger partial charge in [0.2, 0.25) is 0 Å². The maximum Gasteiger partial charge on any atom is 1.00 e. The molecule has 1 aliphatic rings. The van der Waals surface area contributed by atoms with Gasteiger partial charge < -0.3 is 23.8 Å². The summed E-state index contributed by atoms with van der Waals surface area (Å²) in [5.74, 6) is 0.186. The number of benzene rings is 2. The Morgan fingerprint density at radius 2 is 1.91 bits per heavy atom. The van der Waals surface area contributed by atoms with E-state index in [4.69, 9.17) is 18.9 Å². The number of carboxylic acid groups (broad SMARTS) is 1. The van der Waals surface area contributed by atoms with Crippen LogP contribution in [0.25, 0.3) is 33.3 Å². The van der Waals surface area contributed by atoms with Gasteiger partial charge in [0.1, 0.15) is 17.0 Å². The molecule has 4 aromatic rings. The molecule has 1 fully saturated rings. The predicted molar refractivity (Wildman–Crippen MR) is 120 cm³/mol. The van der Waals surface area contributed by atoms with Crippen LogP contribution in [0.3, 0.4) is 0 Å². The molecule has 1 saturated heterocycles. The third-order valence-corrected chi connectivity index (χ3v) is 6.24. The number of carboxylic acids is 1. The molecule has 0 spiro atoms. The molecule has 5 rings (SSSR count). The van der Waals surface area contributed by atoms with Crippen LogP contribution in [0.2, 0.25) is 0 Å². The summed E-state index contributed by atoms with van der Waals surface area (Å²) in [6.07, 6.45) is 1.87. The van der Waals surface area contributed by atoms with Crippen molar-refractivity contribution in [1.82, 2.24) is 4.98 Å². The predicted octanol–water partition coefficient (Wildman–Crippen LogP) is 1.44. The Labute approximate surface area is 214 Å². The van der Waals surface area contributed by atoms with Gasteiger partial charge in [-0.05, 0) is 56.4 Å². The number of aromatic nitrogens is 1. The third kappa shape index (κ3) is 4.53. The van der Waals surface area contributed by atoms with Crippen LogP contribution < -0.4 is 39.4 Å². The molecule has 0 aliphatic carbocycles. The number of carbonyl (C=O) groups excluding carboxylic acids is 1. The molecule has 2 aromatic carbocycles. The summed E-state index contributed by atoms with van der Waals surface area (Å²) in [6, 6.07) is 13.0. The minimum atomic E-state index is -1.27. The van der Waals surface area contributed by atoms with Crippen LogP contribution in [0.5, 0.6) is 5.75 Å². The first kappa shape index (κ1) is 23.8. The number of para-hydroxylation sites is 1. The molecule has 0 unspecified atom stereocenters. The summed E-state index contributed by atoms with van der Waals surface area (Å²) in [5, 5.41) is 13.6. The van der Waals surface area contributed by atoms with E-state index in [0.717, 1.165) is 48.2 Å². The summed E-state index contributed by atoms with van der Waals surface area (Å²) >= 11 is 0. The van der Waals surface area contributed by atoms with Crippen LogP contribution in [0, 0.1) is 19.8 Å². The molecular formula is C26H24NNaO5. The van der Waals surface area contributed by atoms with Crippen molar-refractivity contribution in [2.45, 2.75) is 26.7 Å². The second kappa shape index (κ2) is 9.85. The largest absolute Gasteiger partial charge is 1.00 e. The summed E-state index contributed by atoms with van der Waals surface area (Å²) < 4.78 is 17.6. The van der Waals surface area contributed by atoms with Crippen LogP contribution in [0.15, 0.2) is 46.9 Å². The van der Waals surface area contributed by atoms with Gasteiger partial charge in [0, 0.05) is 29.7 Å². The van der Waals surface area contributed by atoms with Gasteiger partial charge in [-0.3, -0.25) is 0 Å². The van der Waals surface area contributed by atoms with Crippen LogP contribution in [-0.2, 0) is 4.74 Å². The minimum absolute atomic E-state index is 0. The quantitative estimate of drug-likeness (QED) is 0.425. The van der Waals surface area contributed by atoms with Crippen molar-refractivity contribution >= 4 is 27.8 Å². The fraction of sp³-hybridized carbons (Fsp3) is 0.308. The first-order valence-electron chi connectivity index (χ1n) is 10.9. The van der Waals surface area contributed by atoms with Crippen LogP contribution in [0.1, 0.15) is 34.3 Å². The van der Waals surface area contributed by atoms with Gasteiger partial charge in [-0.2, -0.15) is 0 Å². The molecule has 0 radical (unpaired) electrons. The van der Waals surface area contributed by atoms with E-state index in [9.17, 15) is 9.90 Å². The van der Waals surface area contributed by atoms with Crippen molar-refractivity contribution in [2.24, 2.45) is 5.92 Å². The molecule has 0 bridgehead atoms. The molecule has 164 valence electrons. The number of nitrogens with zero attached hydrogens (tertiary/aromatic N) is 1. The van der Waals surface area contributed by atoms with E-state index in [1.165, 1.54) is 6.07 Å². The molecule has 3 heterocycles. The number of fused-ring (bicyclic) bond motifs is 2. The van der Waals surface area contributed by atoms with Gasteiger partial charge in [-0.25, -0.2) is 4.98 Å². The Balaban J connectivity index is 0.00000259. The van der Waals surface area contributed by atoms with E-state index in [-0.39, 0.29) is 35.1 Å². The van der Waals surface area contributed by atoms with Gasteiger partial charge >= 0.3 is 29.6 Å². The number of ether oxygens (including phenoxy) is 2. The average molecular weight is 453 g/mol. The van der Waals surface area contributed by atoms with Crippen molar-refractivity contribution in [1.29, 1.82) is 0 Å². The van der Waals surface area contributed by atoms with E-state index >= 15 is 0 Å². The number of rotatable bonds is 5. The Morgan fingerprint density at radius 1 is 1.15 bits per heavy atom. The second-order valence-corrected chi connectivity index (χ2v) is 8.37. The molecule has 2 aromatic heterocycles. The molecule has 0 saturated carbocycles. The molecule has 0 amide bonds.